The van der Waals surface area contributed by atoms with Crippen molar-refractivity contribution < 1.29 is 19.5 Å². The van der Waals surface area contributed by atoms with Crippen molar-refractivity contribution in [2.24, 2.45) is 0 Å². The molecular weight excluding hydrogens is 460 g/mol. The first-order chi connectivity index (χ1) is 17.0. The molecule has 0 fully saturated rings. The molecule has 0 unspecified atom stereocenters. The molecule has 0 atom stereocenters. The Hall–Kier alpha value is -3.84. The molecule has 0 aliphatic heterocycles. The summed E-state index contributed by atoms with van der Waals surface area (Å²) < 4.78 is 1.89. The number of carbonyl (C=O) groups is 3. The molecule has 4 aromatic rings. The maximum Gasteiger partial charge on any atom is 0.336 e. The molecule has 35 heavy (non-hydrogen) atoms. The van der Waals surface area contributed by atoms with E-state index in [4.69, 9.17) is 0 Å². The Bertz CT molecular complexity index is 1460. The van der Waals surface area contributed by atoms with E-state index in [0.29, 0.717) is 5.69 Å². The Balaban J connectivity index is 1.32. The molecule has 1 aromatic heterocycles. The third kappa shape index (κ3) is 4.59. The van der Waals surface area contributed by atoms with Crippen molar-refractivity contribution in [3.05, 3.63) is 95.2 Å². The number of hydrogen-bond donors (Lipinski definition) is 2. The van der Waals surface area contributed by atoms with E-state index < -0.39 is 11.9 Å². The van der Waals surface area contributed by atoms with Gasteiger partial charge in [0.2, 0.25) is 5.91 Å². The minimum Gasteiger partial charge on any atom is -0.478 e. The van der Waals surface area contributed by atoms with Crippen LogP contribution >= 0.6 is 11.8 Å². The van der Waals surface area contributed by atoms with E-state index in [2.05, 4.69) is 11.4 Å². The lowest BCUT2D eigenvalue weighted by Gasteiger charge is -2.15. The van der Waals surface area contributed by atoms with Gasteiger partial charge in [-0.3, -0.25) is 14.2 Å². The van der Waals surface area contributed by atoms with E-state index in [0.717, 1.165) is 41.8 Å². The average molecular weight is 485 g/mol. The minimum absolute atomic E-state index is 0.0409. The molecule has 0 bridgehead atoms. The number of aryl methyl sites for hydroxylation is 1. The number of carboxylic acid groups (broad SMARTS) is 1. The van der Waals surface area contributed by atoms with Gasteiger partial charge in [0.25, 0.3) is 5.91 Å². The normalized spacial score (nSPS) is 12.8. The van der Waals surface area contributed by atoms with E-state index in [1.54, 1.807) is 30.3 Å². The van der Waals surface area contributed by atoms with Gasteiger partial charge in [-0.15, -0.1) is 11.8 Å². The molecule has 6 nitrogen and oxygen atoms in total. The Morgan fingerprint density at radius 3 is 2.46 bits per heavy atom. The number of fused-ring (bicyclic) bond motifs is 3. The number of anilines is 1. The van der Waals surface area contributed by atoms with Crippen LogP contribution in [0.3, 0.4) is 0 Å². The number of amides is 1. The summed E-state index contributed by atoms with van der Waals surface area (Å²) in [5.41, 5.74) is 4.00. The van der Waals surface area contributed by atoms with Crippen LogP contribution in [0.4, 0.5) is 5.69 Å². The number of nitrogens with one attached hydrogen (secondary N) is 1. The summed E-state index contributed by atoms with van der Waals surface area (Å²) in [6.45, 7) is 0. The SMILES string of the molecule is O=C(O)c1ccccc1C(=O)Nc1cccc(SCC(=O)n2c3c(c4ccccc42)CCCC3)c1. The number of carbonyl (C=O) groups excluding carboxylic acids is 2. The van der Waals surface area contributed by atoms with E-state index >= 15 is 0 Å². The highest BCUT2D eigenvalue weighted by Gasteiger charge is 2.23. The second-order valence-electron chi connectivity index (χ2n) is 8.50. The molecule has 7 heteroatoms. The molecule has 3 aromatic carbocycles. The van der Waals surface area contributed by atoms with Crippen LogP contribution in [0.1, 0.15) is 49.6 Å². The van der Waals surface area contributed by atoms with Crippen LogP contribution in [0.25, 0.3) is 10.9 Å². The topological polar surface area (TPSA) is 88.4 Å². The first-order valence-electron chi connectivity index (χ1n) is 11.5. The summed E-state index contributed by atoms with van der Waals surface area (Å²) in [6.07, 6.45) is 4.17. The molecule has 1 amide bonds. The van der Waals surface area contributed by atoms with Crippen molar-refractivity contribution in [3.63, 3.8) is 0 Å². The van der Waals surface area contributed by atoms with Gasteiger partial charge in [-0.05, 0) is 67.6 Å². The van der Waals surface area contributed by atoms with Crippen molar-refractivity contribution in [2.75, 3.05) is 11.1 Å². The number of rotatable bonds is 6. The van der Waals surface area contributed by atoms with Gasteiger partial charge in [-0.1, -0.05) is 36.4 Å². The fourth-order valence-corrected chi connectivity index (χ4v) is 5.52. The van der Waals surface area contributed by atoms with E-state index in [-0.39, 0.29) is 22.8 Å². The molecule has 2 N–H and O–H groups in total. The van der Waals surface area contributed by atoms with Gasteiger partial charge in [-0.25, -0.2) is 4.79 Å². The number of aromatic carboxylic acids is 1. The van der Waals surface area contributed by atoms with Crippen LogP contribution in [-0.4, -0.2) is 33.2 Å². The Kier molecular flexibility index (Phi) is 6.42. The zero-order valence-electron chi connectivity index (χ0n) is 19.0. The van der Waals surface area contributed by atoms with Crippen LogP contribution in [0.5, 0.6) is 0 Å². The van der Waals surface area contributed by atoms with Crippen LogP contribution in [-0.2, 0) is 12.8 Å². The summed E-state index contributed by atoms with van der Waals surface area (Å²) in [6, 6.07) is 21.4. The first kappa shape index (κ1) is 22.9. The fourth-order valence-electron chi connectivity index (χ4n) is 4.72. The highest BCUT2D eigenvalue weighted by molar-refractivity contribution is 8.00. The third-order valence-electron chi connectivity index (χ3n) is 6.28. The fraction of sp³-hybridized carbons (Fsp3) is 0.179. The number of hydrogen-bond acceptors (Lipinski definition) is 4. The lowest BCUT2D eigenvalue weighted by molar-refractivity contribution is 0.0692. The zero-order valence-corrected chi connectivity index (χ0v) is 19.8. The lowest BCUT2D eigenvalue weighted by atomic mass is 9.96. The number of para-hydroxylation sites is 1. The maximum atomic E-state index is 13.3. The predicted octanol–water partition coefficient (Wildman–Crippen LogP) is 5.90. The quantitative estimate of drug-likeness (QED) is 0.333. The third-order valence-corrected chi connectivity index (χ3v) is 7.26. The van der Waals surface area contributed by atoms with Crippen LogP contribution in [0.15, 0.2) is 77.7 Å². The molecule has 1 aliphatic rings. The summed E-state index contributed by atoms with van der Waals surface area (Å²) in [7, 11) is 0. The second kappa shape index (κ2) is 9.80. The van der Waals surface area contributed by atoms with Gasteiger partial charge in [0.15, 0.2) is 0 Å². The highest BCUT2D eigenvalue weighted by Crippen LogP contribution is 2.33. The number of carboxylic acids is 1. The second-order valence-corrected chi connectivity index (χ2v) is 9.55. The van der Waals surface area contributed by atoms with Gasteiger partial charge in [0.05, 0.1) is 22.4 Å². The van der Waals surface area contributed by atoms with Crippen molar-refractivity contribution in [3.8, 4) is 0 Å². The summed E-state index contributed by atoms with van der Waals surface area (Å²) >= 11 is 1.42. The standard InChI is InChI=1S/C28H24N2O4S/c31-26(30-24-14-5-3-10-20(24)21-11-4-6-15-25(21)30)17-35-19-9-7-8-18(16-19)29-27(32)22-12-1-2-13-23(22)28(33)34/h1-3,5,7-10,12-14,16H,4,6,11,15,17H2,(H,29,32)(H,33,34). The smallest absolute Gasteiger partial charge is 0.336 e. The van der Waals surface area contributed by atoms with Crippen molar-refractivity contribution in [2.45, 2.75) is 30.6 Å². The molecule has 0 saturated carbocycles. The van der Waals surface area contributed by atoms with Crippen LogP contribution in [0.2, 0.25) is 0 Å². The highest BCUT2D eigenvalue weighted by atomic mass is 32.2. The number of aromatic nitrogens is 1. The molecule has 0 spiro atoms. The molecule has 5 rings (SSSR count). The number of thioether (sulfide) groups is 1. The van der Waals surface area contributed by atoms with E-state index in [1.165, 1.54) is 34.8 Å². The summed E-state index contributed by atoms with van der Waals surface area (Å²) in [4.78, 5) is 38.3. The Morgan fingerprint density at radius 1 is 0.886 bits per heavy atom. The molecule has 0 saturated heterocycles. The predicted molar refractivity (Wildman–Crippen MR) is 138 cm³/mol. The molecular formula is C28H24N2O4S. The number of nitrogens with zero attached hydrogens (tertiary/aromatic N) is 1. The summed E-state index contributed by atoms with van der Waals surface area (Å²) in [5.74, 6) is -1.34. The first-order valence-corrected chi connectivity index (χ1v) is 12.5. The Labute approximate surface area is 207 Å². The lowest BCUT2D eigenvalue weighted by Crippen LogP contribution is -2.18. The number of benzene rings is 3. The van der Waals surface area contributed by atoms with Crippen molar-refractivity contribution in [1.82, 2.24) is 4.57 Å². The molecule has 1 heterocycles. The minimum atomic E-state index is -1.15. The van der Waals surface area contributed by atoms with E-state index in [1.807, 2.05) is 28.8 Å². The molecule has 1 aliphatic carbocycles. The Morgan fingerprint density at radius 2 is 1.63 bits per heavy atom. The monoisotopic (exact) mass is 484 g/mol. The van der Waals surface area contributed by atoms with Crippen molar-refractivity contribution in [1.29, 1.82) is 0 Å². The maximum absolute atomic E-state index is 13.3. The van der Waals surface area contributed by atoms with Crippen LogP contribution in [0, 0.1) is 0 Å². The van der Waals surface area contributed by atoms with Gasteiger partial charge in [0.1, 0.15) is 0 Å². The van der Waals surface area contributed by atoms with Gasteiger partial charge < -0.3 is 10.4 Å². The van der Waals surface area contributed by atoms with Crippen LogP contribution < -0.4 is 5.32 Å². The average Bonchev–Trinajstić information content (AvgIpc) is 3.22. The zero-order chi connectivity index (χ0) is 24.4. The molecule has 0 radical (unpaired) electrons. The largest absolute Gasteiger partial charge is 0.478 e. The van der Waals surface area contributed by atoms with Gasteiger partial charge >= 0.3 is 5.97 Å². The van der Waals surface area contributed by atoms with Gasteiger partial charge in [-0.2, -0.15) is 0 Å². The van der Waals surface area contributed by atoms with E-state index in [9.17, 15) is 19.5 Å². The van der Waals surface area contributed by atoms with Gasteiger partial charge in [0, 0.05) is 21.7 Å². The van der Waals surface area contributed by atoms with Crippen molar-refractivity contribution >= 4 is 46.1 Å². The molecule has 176 valence electrons. The summed E-state index contributed by atoms with van der Waals surface area (Å²) in [5, 5.41) is 13.3.